The van der Waals surface area contributed by atoms with Crippen LogP contribution in [-0.2, 0) is 0 Å². The average Bonchev–Trinajstić information content (AvgIpc) is 2.18. The molecule has 0 radical (unpaired) electrons. The van der Waals surface area contributed by atoms with Crippen molar-refractivity contribution in [3.8, 4) is 0 Å². The summed E-state index contributed by atoms with van der Waals surface area (Å²) in [6, 6.07) is 9.75. The molecule has 1 aromatic rings. The Morgan fingerprint density at radius 3 is 2.00 bits per heavy atom. The van der Waals surface area contributed by atoms with Gasteiger partial charge in [0.15, 0.2) is 0 Å². The summed E-state index contributed by atoms with van der Waals surface area (Å²) < 4.78 is 0. The zero-order valence-corrected chi connectivity index (χ0v) is 8.20. The highest BCUT2D eigenvalue weighted by atomic mass is 28.3. The van der Waals surface area contributed by atoms with Crippen molar-refractivity contribution in [3.05, 3.63) is 30.3 Å². The van der Waals surface area contributed by atoms with E-state index in [1.807, 2.05) is 36.9 Å². The first-order valence-electron chi connectivity index (χ1n) is 4.00. The van der Waals surface area contributed by atoms with Crippen LogP contribution in [0.15, 0.2) is 30.3 Å². The third-order valence-electron chi connectivity index (χ3n) is 2.17. The molecule has 0 aromatic heterocycles. The molecule has 0 bridgehead atoms. The van der Waals surface area contributed by atoms with Gasteiger partial charge in [-0.2, -0.15) is 0 Å². The number of benzene rings is 1. The normalized spacial score (nSPS) is 11.6. The van der Waals surface area contributed by atoms with Crippen molar-refractivity contribution in [2.75, 3.05) is 12.5 Å². The fourth-order valence-corrected chi connectivity index (χ4v) is 2.54. The van der Waals surface area contributed by atoms with Gasteiger partial charge in [-0.1, -0.05) is 42.1 Å². The Kier molecular flexibility index (Phi) is 3.03. The zero-order valence-electron chi connectivity index (χ0n) is 7.20. The van der Waals surface area contributed by atoms with Gasteiger partial charge in [-0.15, -0.1) is 0 Å². The number of hydrogen-bond acceptors (Lipinski definition) is 2. The first-order valence-corrected chi connectivity index (χ1v) is 6.91. The van der Waals surface area contributed by atoms with Crippen molar-refractivity contribution in [1.82, 2.24) is 0 Å². The largest absolute Gasteiger partial charge is 0.399 e. The van der Waals surface area contributed by atoms with Crippen LogP contribution in [0.25, 0.3) is 0 Å². The minimum Gasteiger partial charge on any atom is -0.399 e. The summed E-state index contributed by atoms with van der Waals surface area (Å²) in [5.41, 5.74) is 0. The molecule has 2 nitrogen and oxygen atoms in total. The molecule has 0 unspecified atom stereocenters. The van der Waals surface area contributed by atoms with Crippen LogP contribution in [0.4, 0.5) is 0 Å². The van der Waals surface area contributed by atoms with E-state index < -0.39 is 8.07 Å². The number of rotatable bonds is 3. The Balaban J connectivity index is 2.95. The predicted molar refractivity (Wildman–Crippen MR) is 51.9 cm³/mol. The van der Waals surface area contributed by atoms with Gasteiger partial charge < -0.3 is 10.2 Å². The summed E-state index contributed by atoms with van der Waals surface area (Å²) >= 11 is 0. The van der Waals surface area contributed by atoms with Crippen LogP contribution in [0, 0.1) is 0 Å². The van der Waals surface area contributed by atoms with E-state index in [4.69, 9.17) is 10.2 Å². The lowest BCUT2D eigenvalue weighted by atomic mass is 10.4. The van der Waals surface area contributed by atoms with Gasteiger partial charge in [-0.25, -0.2) is 0 Å². The maximum Gasteiger partial charge on any atom is 0.139 e. The maximum absolute atomic E-state index is 9.14. The van der Waals surface area contributed by atoms with Crippen LogP contribution in [0.3, 0.4) is 0 Å². The number of aliphatic hydroxyl groups is 2. The van der Waals surface area contributed by atoms with Crippen LogP contribution >= 0.6 is 0 Å². The fraction of sp³-hybridized carbons (Fsp3) is 0.333. The lowest BCUT2D eigenvalue weighted by Gasteiger charge is -2.22. The standard InChI is InChI=1S/C9H14O2Si/c1-12(7-10,8-11)9-5-3-2-4-6-9/h2-6,10-11H,7-8H2,1H3. The molecule has 12 heavy (non-hydrogen) atoms. The molecule has 0 spiro atoms. The third-order valence-corrected chi connectivity index (χ3v) is 5.29. The molecule has 1 aromatic carbocycles. The van der Waals surface area contributed by atoms with Gasteiger partial charge in [0.2, 0.25) is 0 Å². The molecule has 0 saturated carbocycles. The highest BCUT2D eigenvalue weighted by molar-refractivity contribution is 6.90. The van der Waals surface area contributed by atoms with Gasteiger partial charge in [0, 0.05) is 12.5 Å². The van der Waals surface area contributed by atoms with Gasteiger partial charge >= 0.3 is 0 Å². The van der Waals surface area contributed by atoms with E-state index in [0.29, 0.717) is 0 Å². The summed E-state index contributed by atoms with van der Waals surface area (Å²) in [7, 11) is -1.96. The van der Waals surface area contributed by atoms with Gasteiger partial charge in [-0.05, 0) is 0 Å². The third kappa shape index (κ3) is 1.74. The predicted octanol–water partition coefficient (Wildman–Crippen LogP) is 0.0352. The Labute approximate surface area is 73.5 Å². The highest BCUT2D eigenvalue weighted by Crippen LogP contribution is 2.00. The molecule has 0 heterocycles. The molecule has 0 aliphatic carbocycles. The minimum absolute atomic E-state index is 0.105. The van der Waals surface area contributed by atoms with Crippen LogP contribution in [0.1, 0.15) is 0 Å². The Bertz CT molecular complexity index is 232. The molecule has 0 amide bonds. The van der Waals surface area contributed by atoms with Gasteiger partial charge in [0.1, 0.15) is 8.07 Å². The molecule has 0 aliphatic heterocycles. The van der Waals surface area contributed by atoms with E-state index in [2.05, 4.69) is 0 Å². The van der Waals surface area contributed by atoms with Crippen molar-refractivity contribution < 1.29 is 10.2 Å². The first kappa shape index (κ1) is 9.44. The van der Waals surface area contributed by atoms with Crippen LogP contribution in [0.2, 0.25) is 6.55 Å². The molecule has 0 saturated heterocycles. The van der Waals surface area contributed by atoms with Crippen LogP contribution in [0.5, 0.6) is 0 Å². The Morgan fingerprint density at radius 2 is 1.58 bits per heavy atom. The summed E-state index contributed by atoms with van der Waals surface area (Å²) in [5, 5.41) is 19.4. The first-order chi connectivity index (χ1) is 5.73. The second-order valence-electron chi connectivity index (χ2n) is 3.24. The van der Waals surface area contributed by atoms with Crippen LogP contribution < -0.4 is 5.19 Å². The SMILES string of the molecule is C[Si](CO)(CO)c1ccccc1. The lowest BCUT2D eigenvalue weighted by molar-refractivity contribution is 0.325. The summed E-state index contributed by atoms with van der Waals surface area (Å²) in [5.74, 6) is 0. The molecule has 2 N–H and O–H groups in total. The second-order valence-corrected chi connectivity index (χ2v) is 7.57. The summed E-state index contributed by atoms with van der Waals surface area (Å²) in [4.78, 5) is 0. The van der Waals surface area contributed by atoms with Crippen LogP contribution in [-0.4, -0.2) is 30.7 Å². The van der Waals surface area contributed by atoms with E-state index in [1.165, 1.54) is 0 Å². The van der Waals surface area contributed by atoms with Gasteiger partial charge in [0.05, 0.1) is 0 Å². The summed E-state index contributed by atoms with van der Waals surface area (Å²) in [6.45, 7) is 1.97. The summed E-state index contributed by atoms with van der Waals surface area (Å²) in [6.07, 6.45) is 0.209. The molecule has 0 fully saturated rings. The lowest BCUT2D eigenvalue weighted by Crippen LogP contribution is -2.52. The highest BCUT2D eigenvalue weighted by Gasteiger charge is 2.27. The molecule has 0 aliphatic rings. The zero-order chi connectivity index (χ0) is 9.03. The van der Waals surface area contributed by atoms with E-state index in [-0.39, 0.29) is 12.5 Å². The minimum atomic E-state index is -1.96. The van der Waals surface area contributed by atoms with Crippen molar-refractivity contribution >= 4 is 13.3 Å². The van der Waals surface area contributed by atoms with E-state index >= 15 is 0 Å². The molecule has 1 rings (SSSR count). The average molecular weight is 182 g/mol. The van der Waals surface area contributed by atoms with Gasteiger partial charge in [0.25, 0.3) is 0 Å². The smallest absolute Gasteiger partial charge is 0.139 e. The fourth-order valence-electron chi connectivity index (χ4n) is 1.07. The molecular formula is C9H14O2Si. The number of aliphatic hydroxyl groups excluding tert-OH is 2. The molecular weight excluding hydrogens is 168 g/mol. The monoisotopic (exact) mass is 182 g/mol. The van der Waals surface area contributed by atoms with E-state index in [0.717, 1.165) is 5.19 Å². The van der Waals surface area contributed by atoms with E-state index in [9.17, 15) is 0 Å². The Hall–Kier alpha value is -0.643. The Morgan fingerprint density at radius 1 is 1.08 bits per heavy atom. The van der Waals surface area contributed by atoms with Crippen molar-refractivity contribution in [1.29, 1.82) is 0 Å². The molecule has 0 atom stereocenters. The van der Waals surface area contributed by atoms with Crippen molar-refractivity contribution in [3.63, 3.8) is 0 Å². The molecule has 3 heteroatoms. The second kappa shape index (κ2) is 3.84. The van der Waals surface area contributed by atoms with Crippen molar-refractivity contribution in [2.24, 2.45) is 0 Å². The van der Waals surface area contributed by atoms with Crippen molar-refractivity contribution in [2.45, 2.75) is 6.55 Å². The van der Waals surface area contributed by atoms with Gasteiger partial charge in [-0.3, -0.25) is 0 Å². The molecule has 66 valence electrons. The topological polar surface area (TPSA) is 40.5 Å². The maximum atomic E-state index is 9.14. The van der Waals surface area contributed by atoms with E-state index in [1.54, 1.807) is 0 Å². The quantitative estimate of drug-likeness (QED) is 0.648. The number of hydrogen-bond donors (Lipinski definition) is 2.